The van der Waals surface area contributed by atoms with Crippen molar-refractivity contribution in [3.63, 3.8) is 0 Å². The van der Waals surface area contributed by atoms with Gasteiger partial charge < -0.3 is 5.32 Å². The molecule has 4 rings (SSSR count). The highest BCUT2D eigenvalue weighted by Crippen LogP contribution is 2.32. The molecule has 1 aliphatic heterocycles. The molecule has 0 radical (unpaired) electrons. The number of anilines is 1. The monoisotopic (exact) mass is 495 g/mol. The number of halogens is 4. The molecule has 2 heterocycles. The van der Waals surface area contributed by atoms with E-state index in [2.05, 4.69) is 36.5 Å². The van der Waals surface area contributed by atoms with Crippen LogP contribution in [0.1, 0.15) is 30.0 Å². The number of rotatable bonds is 4. The van der Waals surface area contributed by atoms with Gasteiger partial charge in [0.2, 0.25) is 5.91 Å². The first-order valence-corrected chi connectivity index (χ1v) is 10.7. The van der Waals surface area contributed by atoms with Crippen LogP contribution in [0.3, 0.4) is 0 Å². The minimum atomic E-state index is -4.40. The Morgan fingerprint density at radius 2 is 1.94 bits per heavy atom. The summed E-state index contributed by atoms with van der Waals surface area (Å²) in [6.07, 6.45) is -2.93. The minimum absolute atomic E-state index is 0.0345. The molecule has 1 amide bonds. The fraction of sp³-hybridized carbons (Fsp3) is 0.381. The highest BCUT2D eigenvalue weighted by Gasteiger charge is 2.31. The number of nitrogens with one attached hydrogen (secondary N) is 1. The average Bonchev–Trinajstić information content (AvgIpc) is 3.13. The van der Waals surface area contributed by atoms with E-state index in [9.17, 15) is 18.0 Å². The molecule has 0 atom stereocenters. The van der Waals surface area contributed by atoms with Gasteiger partial charge in [-0.05, 0) is 71.6 Å². The van der Waals surface area contributed by atoms with Crippen LogP contribution in [0.15, 0.2) is 40.9 Å². The molecule has 2 aromatic carbocycles. The van der Waals surface area contributed by atoms with Crippen LogP contribution in [-0.4, -0.2) is 45.4 Å². The second kappa shape index (κ2) is 8.58. The Morgan fingerprint density at radius 1 is 1.19 bits per heavy atom. The molecule has 3 aromatic rings. The Bertz CT molecular complexity index is 1110. The Balaban J connectivity index is 1.36. The van der Waals surface area contributed by atoms with Crippen molar-refractivity contribution < 1.29 is 18.0 Å². The fourth-order valence-corrected chi connectivity index (χ4v) is 4.42. The Kier molecular flexibility index (Phi) is 6.02. The molecule has 0 unspecified atom stereocenters. The molecule has 1 aromatic heterocycles. The number of benzene rings is 2. The van der Waals surface area contributed by atoms with Crippen LogP contribution in [0, 0.1) is 6.92 Å². The number of carbonyl (C=O) groups excluding carboxylic acids is 1. The van der Waals surface area contributed by atoms with Crippen molar-refractivity contribution in [2.45, 2.75) is 32.0 Å². The molecular formula is C21H21BrF3N5O. The first-order chi connectivity index (χ1) is 14.7. The Labute approximate surface area is 185 Å². The second-order valence-corrected chi connectivity index (χ2v) is 8.63. The summed E-state index contributed by atoms with van der Waals surface area (Å²) in [7, 11) is 0. The third kappa shape index (κ3) is 4.90. The second-order valence-electron chi connectivity index (χ2n) is 7.77. The molecule has 10 heteroatoms. The number of likely N-dealkylation sites (tertiary alicyclic amines) is 1. The van der Waals surface area contributed by atoms with Crippen LogP contribution in [0.2, 0.25) is 0 Å². The molecule has 6 nitrogen and oxygen atoms in total. The number of piperidine rings is 1. The van der Waals surface area contributed by atoms with Crippen molar-refractivity contribution in [3.8, 4) is 0 Å². The van der Waals surface area contributed by atoms with Crippen molar-refractivity contribution in [1.29, 1.82) is 0 Å². The predicted octanol–water partition coefficient (Wildman–Crippen LogP) is 4.80. The summed E-state index contributed by atoms with van der Waals surface area (Å²) in [4.78, 5) is 14.5. The number of hydrogen-bond donors (Lipinski definition) is 1. The third-order valence-electron chi connectivity index (χ3n) is 5.47. The maximum Gasteiger partial charge on any atom is 0.416 e. The predicted molar refractivity (Wildman–Crippen MR) is 115 cm³/mol. The number of carbonyl (C=O) groups is 1. The fourth-order valence-electron chi connectivity index (χ4n) is 3.82. The van der Waals surface area contributed by atoms with Gasteiger partial charge in [-0.1, -0.05) is 11.3 Å². The number of nitrogens with zero attached hydrogens (tertiary/aromatic N) is 4. The summed E-state index contributed by atoms with van der Waals surface area (Å²) in [5.41, 5.74) is 1.93. The number of fused-ring (bicyclic) bond motifs is 1. The van der Waals surface area contributed by atoms with E-state index < -0.39 is 11.7 Å². The number of aromatic nitrogens is 3. The van der Waals surface area contributed by atoms with Gasteiger partial charge in [0.15, 0.2) is 0 Å². The molecule has 1 saturated heterocycles. The maximum absolute atomic E-state index is 12.9. The van der Waals surface area contributed by atoms with Gasteiger partial charge in [0, 0.05) is 17.6 Å². The number of aryl methyl sites for hydroxylation is 1. The smallest absolute Gasteiger partial charge is 0.324 e. The van der Waals surface area contributed by atoms with E-state index in [1.807, 2.05) is 25.1 Å². The zero-order valence-corrected chi connectivity index (χ0v) is 18.4. The highest BCUT2D eigenvalue weighted by atomic mass is 79.9. The van der Waals surface area contributed by atoms with E-state index in [4.69, 9.17) is 0 Å². The lowest BCUT2D eigenvalue weighted by molar-refractivity contribution is -0.137. The van der Waals surface area contributed by atoms with Crippen LogP contribution >= 0.6 is 15.9 Å². The first-order valence-electron chi connectivity index (χ1n) is 9.91. The molecule has 0 aliphatic carbocycles. The summed E-state index contributed by atoms with van der Waals surface area (Å²) >= 11 is 3.46. The third-order valence-corrected chi connectivity index (χ3v) is 6.12. The van der Waals surface area contributed by atoms with E-state index in [1.54, 1.807) is 4.68 Å². The van der Waals surface area contributed by atoms with Crippen molar-refractivity contribution in [1.82, 2.24) is 19.9 Å². The minimum Gasteiger partial charge on any atom is -0.324 e. The van der Waals surface area contributed by atoms with E-state index in [0.29, 0.717) is 18.6 Å². The van der Waals surface area contributed by atoms with Crippen LogP contribution in [0.25, 0.3) is 11.0 Å². The van der Waals surface area contributed by atoms with Gasteiger partial charge in [-0.3, -0.25) is 9.69 Å². The van der Waals surface area contributed by atoms with Gasteiger partial charge in [-0.25, -0.2) is 4.68 Å². The molecule has 1 aliphatic rings. The molecule has 31 heavy (non-hydrogen) atoms. The van der Waals surface area contributed by atoms with Gasteiger partial charge >= 0.3 is 6.18 Å². The normalized spacial score (nSPS) is 16.0. The first kappa shape index (κ1) is 21.8. The molecule has 1 N–H and O–H groups in total. The van der Waals surface area contributed by atoms with Crippen molar-refractivity contribution in [2.24, 2.45) is 0 Å². The number of amides is 1. The number of hydrogen-bond acceptors (Lipinski definition) is 4. The van der Waals surface area contributed by atoms with E-state index in [0.717, 1.165) is 40.7 Å². The summed E-state index contributed by atoms with van der Waals surface area (Å²) in [6, 6.07) is 9.30. The lowest BCUT2D eigenvalue weighted by Crippen LogP contribution is -2.39. The van der Waals surface area contributed by atoms with Gasteiger partial charge in [0.25, 0.3) is 0 Å². The van der Waals surface area contributed by atoms with Crippen LogP contribution < -0.4 is 5.32 Å². The molecule has 0 bridgehead atoms. The zero-order valence-electron chi connectivity index (χ0n) is 16.8. The van der Waals surface area contributed by atoms with E-state index >= 15 is 0 Å². The SMILES string of the molecule is Cc1ccc(NC(=O)CN2CCC(n3nnc4cc(C(F)(F)F)ccc43)CC2)c(Br)c1. The lowest BCUT2D eigenvalue weighted by Gasteiger charge is -2.31. The van der Waals surface area contributed by atoms with Crippen LogP contribution in [-0.2, 0) is 11.0 Å². The summed E-state index contributed by atoms with van der Waals surface area (Å²) in [5.74, 6) is -0.0890. The molecule has 164 valence electrons. The van der Waals surface area contributed by atoms with Gasteiger partial charge in [0.05, 0.1) is 29.4 Å². The number of alkyl halides is 3. The Hall–Kier alpha value is -2.46. The maximum atomic E-state index is 12.9. The average molecular weight is 496 g/mol. The lowest BCUT2D eigenvalue weighted by atomic mass is 10.0. The van der Waals surface area contributed by atoms with E-state index in [-0.39, 0.29) is 24.0 Å². The molecular weight excluding hydrogens is 475 g/mol. The Morgan fingerprint density at radius 3 is 2.61 bits per heavy atom. The van der Waals surface area contributed by atoms with E-state index in [1.165, 1.54) is 6.07 Å². The van der Waals surface area contributed by atoms with Gasteiger partial charge in [0.1, 0.15) is 5.52 Å². The van der Waals surface area contributed by atoms with Gasteiger partial charge in [-0.15, -0.1) is 5.10 Å². The van der Waals surface area contributed by atoms with Crippen molar-refractivity contribution in [2.75, 3.05) is 25.0 Å². The standard InChI is InChI=1S/C21H21BrF3N5O/c1-13-2-4-17(16(22)10-13)26-20(31)12-29-8-6-15(7-9-29)30-19-5-3-14(21(23,24)25)11-18(19)27-28-30/h2-5,10-11,15H,6-9,12H2,1H3,(H,26,31). The summed E-state index contributed by atoms with van der Waals surface area (Å²) < 4.78 is 41.3. The largest absolute Gasteiger partial charge is 0.416 e. The van der Waals surface area contributed by atoms with Crippen LogP contribution in [0.5, 0.6) is 0 Å². The molecule has 0 spiro atoms. The highest BCUT2D eigenvalue weighted by molar-refractivity contribution is 9.10. The van der Waals surface area contributed by atoms with Crippen molar-refractivity contribution >= 4 is 38.6 Å². The van der Waals surface area contributed by atoms with Crippen LogP contribution in [0.4, 0.5) is 18.9 Å². The zero-order chi connectivity index (χ0) is 22.2. The molecule has 0 saturated carbocycles. The summed E-state index contributed by atoms with van der Waals surface area (Å²) in [6.45, 7) is 3.64. The summed E-state index contributed by atoms with van der Waals surface area (Å²) in [5, 5.41) is 10.9. The quantitative estimate of drug-likeness (QED) is 0.564. The topological polar surface area (TPSA) is 63.1 Å². The van der Waals surface area contributed by atoms with Crippen molar-refractivity contribution in [3.05, 3.63) is 52.0 Å². The van der Waals surface area contributed by atoms with Gasteiger partial charge in [-0.2, -0.15) is 13.2 Å². The molecule has 1 fully saturated rings.